The van der Waals surface area contributed by atoms with Gasteiger partial charge in [0.05, 0.1) is 18.6 Å². The Morgan fingerprint density at radius 3 is 2.62 bits per heavy atom. The van der Waals surface area contributed by atoms with Crippen molar-refractivity contribution in [3.63, 3.8) is 0 Å². The van der Waals surface area contributed by atoms with Gasteiger partial charge < -0.3 is 11.1 Å². The molecule has 6 nitrogen and oxygen atoms in total. The smallest absolute Gasteiger partial charge is 0.254 e. The molecule has 1 aliphatic rings. The minimum atomic E-state index is -0.735. The number of benzene rings is 2. The number of nitrogens with two attached hydrogens (primary N) is 1. The number of amides is 2. The number of hydrogen-bond donors (Lipinski definition) is 3. The number of carbonyl (C=O) groups is 2. The second-order valence-electron chi connectivity index (χ2n) is 6.20. The molecule has 2 aromatic rings. The van der Waals surface area contributed by atoms with Gasteiger partial charge in [-0.15, -0.1) is 0 Å². The number of thiol groups is 1. The number of hydrogen-bond acceptors (Lipinski definition) is 5. The van der Waals surface area contributed by atoms with E-state index < -0.39 is 6.04 Å². The highest BCUT2D eigenvalue weighted by molar-refractivity contribution is 7.80. The van der Waals surface area contributed by atoms with Crippen LogP contribution < -0.4 is 11.1 Å². The zero-order chi connectivity index (χ0) is 18.7. The van der Waals surface area contributed by atoms with Crippen LogP contribution in [0.4, 0.5) is 5.69 Å². The molecule has 0 fully saturated rings. The number of nitrogens with one attached hydrogen (secondary N) is 1. The van der Waals surface area contributed by atoms with Crippen LogP contribution in [0.5, 0.6) is 0 Å². The quantitative estimate of drug-likeness (QED) is 0.716. The molecule has 0 aliphatic carbocycles. The van der Waals surface area contributed by atoms with Crippen LogP contribution in [0, 0.1) is 0 Å². The van der Waals surface area contributed by atoms with Gasteiger partial charge in [0.15, 0.2) is 0 Å². The number of likely N-dealkylation sites (N-methyl/N-ethyl adjacent to an activating group) is 1. The third-order valence-corrected chi connectivity index (χ3v) is 4.86. The fourth-order valence-electron chi connectivity index (χ4n) is 3.15. The van der Waals surface area contributed by atoms with Crippen molar-refractivity contribution in [2.24, 2.45) is 5.73 Å². The molecule has 136 valence electrons. The predicted molar refractivity (Wildman–Crippen MR) is 105 cm³/mol. The van der Waals surface area contributed by atoms with Gasteiger partial charge in [0.25, 0.3) is 5.91 Å². The van der Waals surface area contributed by atoms with E-state index in [1.165, 1.54) is 5.01 Å². The number of rotatable bonds is 4. The van der Waals surface area contributed by atoms with Crippen molar-refractivity contribution in [2.75, 3.05) is 24.7 Å². The predicted octanol–water partition coefficient (Wildman–Crippen LogP) is 1.66. The van der Waals surface area contributed by atoms with Gasteiger partial charge in [0, 0.05) is 18.5 Å². The van der Waals surface area contributed by atoms with Gasteiger partial charge in [-0.3, -0.25) is 14.6 Å². The van der Waals surface area contributed by atoms with Crippen LogP contribution in [0.15, 0.2) is 54.6 Å². The van der Waals surface area contributed by atoms with E-state index in [4.69, 9.17) is 5.73 Å². The van der Waals surface area contributed by atoms with Crippen molar-refractivity contribution in [1.82, 2.24) is 10.0 Å². The summed E-state index contributed by atoms with van der Waals surface area (Å²) >= 11 is 4.12. The molecule has 0 saturated heterocycles. The topological polar surface area (TPSA) is 78.7 Å². The lowest BCUT2D eigenvalue weighted by Gasteiger charge is -2.38. The molecule has 0 spiro atoms. The van der Waals surface area contributed by atoms with E-state index in [1.54, 1.807) is 12.1 Å². The maximum absolute atomic E-state index is 12.7. The summed E-state index contributed by atoms with van der Waals surface area (Å²) in [7, 11) is 1.64. The molecular formula is C19H22N4O2S. The fourth-order valence-corrected chi connectivity index (χ4v) is 3.31. The minimum Gasteiger partial charge on any atom is -0.325 e. The van der Waals surface area contributed by atoms with Gasteiger partial charge in [0.1, 0.15) is 0 Å². The van der Waals surface area contributed by atoms with Gasteiger partial charge in [-0.05, 0) is 17.2 Å². The largest absolute Gasteiger partial charge is 0.325 e. The second-order valence-corrected chi connectivity index (χ2v) is 6.56. The van der Waals surface area contributed by atoms with Crippen LogP contribution in [0.2, 0.25) is 0 Å². The molecule has 0 saturated carbocycles. The van der Waals surface area contributed by atoms with Gasteiger partial charge in [-0.2, -0.15) is 17.6 Å². The van der Waals surface area contributed by atoms with Gasteiger partial charge >= 0.3 is 0 Å². The molecule has 1 aliphatic heterocycles. The van der Waals surface area contributed by atoms with Crippen molar-refractivity contribution in [1.29, 1.82) is 0 Å². The summed E-state index contributed by atoms with van der Waals surface area (Å²) in [4.78, 5) is 25.1. The summed E-state index contributed by atoms with van der Waals surface area (Å²) in [5.41, 5.74) is 8.53. The maximum atomic E-state index is 12.7. The Kier molecular flexibility index (Phi) is 5.61. The molecule has 7 heteroatoms. The molecule has 0 radical (unpaired) electrons. The Bertz CT molecular complexity index is 799. The third kappa shape index (κ3) is 3.60. The first-order valence-electron chi connectivity index (χ1n) is 8.37. The Labute approximate surface area is 158 Å². The minimum absolute atomic E-state index is 0.0375. The Balaban J connectivity index is 2.11. The molecule has 2 atom stereocenters. The van der Waals surface area contributed by atoms with E-state index in [1.807, 2.05) is 54.6 Å². The molecule has 2 aromatic carbocycles. The molecule has 3 rings (SSSR count). The standard InChI is InChI=1S/C19H22N4O2S/c1-22(19(25)15(20)12-26)23-11-17(24)21-16-10-6-5-9-14(16)18(23)13-7-3-2-4-8-13/h2-10,15,18,26H,11-12,20H2,1H3,(H,21,24)/t15-,18?/m1/s1. The van der Waals surface area contributed by atoms with Crippen LogP contribution >= 0.6 is 12.6 Å². The van der Waals surface area contributed by atoms with E-state index in [9.17, 15) is 9.59 Å². The van der Waals surface area contributed by atoms with E-state index in [0.29, 0.717) is 0 Å². The van der Waals surface area contributed by atoms with Crippen LogP contribution in [-0.4, -0.2) is 47.2 Å². The highest BCUT2D eigenvalue weighted by Crippen LogP contribution is 2.36. The van der Waals surface area contributed by atoms with E-state index in [-0.39, 0.29) is 30.2 Å². The molecule has 1 unspecified atom stereocenters. The number of anilines is 1. The Morgan fingerprint density at radius 1 is 1.27 bits per heavy atom. The molecular weight excluding hydrogens is 348 g/mol. The van der Waals surface area contributed by atoms with Gasteiger partial charge in [-0.1, -0.05) is 48.5 Å². The average Bonchev–Trinajstić information content (AvgIpc) is 2.82. The third-order valence-electron chi connectivity index (χ3n) is 4.47. The first-order valence-corrected chi connectivity index (χ1v) is 9.00. The summed E-state index contributed by atoms with van der Waals surface area (Å²) in [6.45, 7) is 0.0375. The normalized spacial score (nSPS) is 18.4. The number of nitrogens with zero attached hydrogens (tertiary/aromatic N) is 2. The summed E-state index contributed by atoms with van der Waals surface area (Å²) in [6, 6.07) is 16.4. The average molecular weight is 370 g/mol. The van der Waals surface area contributed by atoms with Crippen LogP contribution in [0.3, 0.4) is 0 Å². The van der Waals surface area contributed by atoms with Gasteiger partial charge in [-0.25, -0.2) is 0 Å². The maximum Gasteiger partial charge on any atom is 0.254 e. The van der Waals surface area contributed by atoms with Crippen LogP contribution in [0.25, 0.3) is 0 Å². The molecule has 0 bridgehead atoms. The number of hydrazine groups is 1. The highest BCUT2D eigenvalue weighted by atomic mass is 32.1. The van der Waals surface area contributed by atoms with Gasteiger partial charge in [0.2, 0.25) is 5.91 Å². The van der Waals surface area contributed by atoms with E-state index >= 15 is 0 Å². The summed E-state index contributed by atoms with van der Waals surface area (Å²) in [6.07, 6.45) is 0. The van der Waals surface area contributed by atoms with Crippen molar-refractivity contribution < 1.29 is 9.59 Å². The molecule has 3 N–H and O–H groups in total. The fraction of sp³-hybridized carbons (Fsp3) is 0.263. The summed E-state index contributed by atoms with van der Waals surface area (Å²) in [5, 5.41) is 6.12. The van der Waals surface area contributed by atoms with Crippen molar-refractivity contribution in [2.45, 2.75) is 12.1 Å². The van der Waals surface area contributed by atoms with Crippen molar-refractivity contribution >= 4 is 30.1 Å². The van der Waals surface area contributed by atoms with E-state index in [0.717, 1.165) is 16.8 Å². The summed E-state index contributed by atoms with van der Waals surface area (Å²) in [5.74, 6) is -0.237. The Morgan fingerprint density at radius 2 is 1.92 bits per heavy atom. The Hall–Kier alpha value is -2.35. The lowest BCUT2D eigenvalue weighted by molar-refractivity contribution is -0.151. The van der Waals surface area contributed by atoms with Crippen molar-refractivity contribution in [3.05, 3.63) is 65.7 Å². The molecule has 0 aromatic heterocycles. The number of carbonyl (C=O) groups excluding carboxylic acids is 2. The zero-order valence-electron chi connectivity index (χ0n) is 14.5. The molecule has 2 amide bonds. The summed E-state index contributed by atoms with van der Waals surface area (Å²) < 4.78 is 0. The molecule has 26 heavy (non-hydrogen) atoms. The first-order chi connectivity index (χ1) is 12.5. The number of para-hydroxylation sites is 1. The number of fused-ring (bicyclic) bond motifs is 1. The van der Waals surface area contributed by atoms with Crippen LogP contribution in [0.1, 0.15) is 17.2 Å². The zero-order valence-corrected chi connectivity index (χ0v) is 15.4. The first kappa shape index (κ1) is 18.4. The van der Waals surface area contributed by atoms with E-state index in [2.05, 4.69) is 17.9 Å². The SMILES string of the molecule is CN(C(=O)[C@H](N)CS)N1CC(=O)Nc2ccccc2C1c1ccccc1. The lowest BCUT2D eigenvalue weighted by atomic mass is 9.97. The lowest BCUT2D eigenvalue weighted by Crippen LogP contribution is -2.53. The van der Waals surface area contributed by atoms with Crippen LogP contribution in [-0.2, 0) is 9.59 Å². The molecule has 1 heterocycles. The van der Waals surface area contributed by atoms with Crippen molar-refractivity contribution in [3.8, 4) is 0 Å². The monoisotopic (exact) mass is 370 g/mol. The second kappa shape index (κ2) is 7.90. The highest BCUT2D eigenvalue weighted by Gasteiger charge is 2.35.